The van der Waals surface area contributed by atoms with Gasteiger partial charge in [-0.2, -0.15) is 0 Å². The standard InChI is InChI=1S/C14H10N2O4/c17-13-10-3-1-2-4-11(10)15-8-16(13)7-9-5-6-20-12(9)14(18)19/h1-6,8H,7H2,(H,18,19). The maximum absolute atomic E-state index is 12.3. The normalized spacial score (nSPS) is 10.8. The average Bonchev–Trinajstić information content (AvgIpc) is 2.91. The van der Waals surface area contributed by atoms with Crippen LogP contribution in [0, 0.1) is 0 Å². The highest BCUT2D eigenvalue weighted by molar-refractivity contribution is 5.86. The Balaban J connectivity index is 2.07. The van der Waals surface area contributed by atoms with Gasteiger partial charge in [-0.3, -0.25) is 9.36 Å². The Morgan fingerprint density at radius 1 is 1.30 bits per heavy atom. The first kappa shape index (κ1) is 12.2. The zero-order valence-electron chi connectivity index (χ0n) is 10.3. The van der Waals surface area contributed by atoms with Crippen LogP contribution in [0.25, 0.3) is 10.9 Å². The van der Waals surface area contributed by atoms with Gasteiger partial charge in [-0.1, -0.05) is 12.1 Å². The maximum Gasteiger partial charge on any atom is 0.372 e. The first-order chi connectivity index (χ1) is 9.66. The highest BCUT2D eigenvalue weighted by Crippen LogP contribution is 2.12. The lowest BCUT2D eigenvalue weighted by Gasteiger charge is -2.05. The number of carbonyl (C=O) groups is 1. The van der Waals surface area contributed by atoms with Gasteiger partial charge in [0.05, 0.1) is 30.0 Å². The molecule has 6 heteroatoms. The number of fused-ring (bicyclic) bond motifs is 1. The highest BCUT2D eigenvalue weighted by atomic mass is 16.4. The zero-order chi connectivity index (χ0) is 14.1. The van der Waals surface area contributed by atoms with Crippen molar-refractivity contribution in [2.75, 3.05) is 0 Å². The third kappa shape index (κ3) is 1.97. The van der Waals surface area contributed by atoms with Crippen LogP contribution in [0.1, 0.15) is 16.1 Å². The van der Waals surface area contributed by atoms with Crippen molar-refractivity contribution in [1.29, 1.82) is 0 Å². The van der Waals surface area contributed by atoms with Gasteiger partial charge in [0, 0.05) is 5.56 Å². The van der Waals surface area contributed by atoms with Crippen molar-refractivity contribution in [3.05, 3.63) is 64.6 Å². The summed E-state index contributed by atoms with van der Waals surface area (Å²) < 4.78 is 6.25. The summed E-state index contributed by atoms with van der Waals surface area (Å²) in [5.74, 6) is -1.32. The molecule has 0 fully saturated rings. The van der Waals surface area contributed by atoms with Crippen LogP contribution in [0.4, 0.5) is 0 Å². The molecule has 2 aromatic heterocycles. The summed E-state index contributed by atoms with van der Waals surface area (Å²) in [6, 6.07) is 8.54. The monoisotopic (exact) mass is 270 g/mol. The Morgan fingerprint density at radius 2 is 2.10 bits per heavy atom. The molecule has 100 valence electrons. The van der Waals surface area contributed by atoms with E-state index in [-0.39, 0.29) is 17.9 Å². The molecule has 0 unspecified atom stereocenters. The molecule has 1 aromatic carbocycles. The number of para-hydroxylation sites is 1. The van der Waals surface area contributed by atoms with Crippen molar-refractivity contribution < 1.29 is 14.3 Å². The predicted molar refractivity (Wildman–Crippen MR) is 70.8 cm³/mol. The highest BCUT2D eigenvalue weighted by Gasteiger charge is 2.15. The van der Waals surface area contributed by atoms with Crippen molar-refractivity contribution in [2.45, 2.75) is 6.54 Å². The zero-order valence-corrected chi connectivity index (χ0v) is 10.3. The molecule has 2 heterocycles. The Labute approximate surface area is 112 Å². The van der Waals surface area contributed by atoms with E-state index in [9.17, 15) is 9.59 Å². The summed E-state index contributed by atoms with van der Waals surface area (Å²) in [6.45, 7) is 0.106. The Bertz CT molecular complexity index is 848. The molecule has 0 aliphatic rings. The average molecular weight is 270 g/mol. The number of hydrogen-bond acceptors (Lipinski definition) is 4. The molecule has 20 heavy (non-hydrogen) atoms. The van der Waals surface area contributed by atoms with Gasteiger partial charge in [0.25, 0.3) is 5.56 Å². The molecule has 0 atom stereocenters. The second kappa shape index (κ2) is 4.65. The van der Waals surface area contributed by atoms with E-state index in [0.717, 1.165) is 0 Å². The van der Waals surface area contributed by atoms with Crippen molar-refractivity contribution in [1.82, 2.24) is 9.55 Å². The topological polar surface area (TPSA) is 85.3 Å². The minimum absolute atomic E-state index is 0.106. The molecule has 6 nitrogen and oxygen atoms in total. The van der Waals surface area contributed by atoms with Crippen molar-refractivity contribution in [2.24, 2.45) is 0 Å². The SMILES string of the molecule is O=C(O)c1occc1Cn1cnc2ccccc2c1=O. The largest absolute Gasteiger partial charge is 0.475 e. The lowest BCUT2D eigenvalue weighted by Crippen LogP contribution is -2.21. The number of carboxylic acids is 1. The van der Waals surface area contributed by atoms with E-state index in [1.807, 2.05) is 0 Å². The Morgan fingerprint density at radius 3 is 2.90 bits per heavy atom. The van der Waals surface area contributed by atoms with E-state index >= 15 is 0 Å². The molecule has 1 N–H and O–H groups in total. The summed E-state index contributed by atoms with van der Waals surface area (Å²) >= 11 is 0. The van der Waals surface area contributed by atoms with E-state index in [1.54, 1.807) is 24.3 Å². The quantitative estimate of drug-likeness (QED) is 0.783. The molecule has 0 radical (unpaired) electrons. The van der Waals surface area contributed by atoms with E-state index in [2.05, 4.69) is 4.98 Å². The summed E-state index contributed by atoms with van der Waals surface area (Å²) in [6.07, 6.45) is 2.70. The third-order valence-corrected chi connectivity index (χ3v) is 3.01. The Kier molecular flexibility index (Phi) is 2.83. The van der Waals surface area contributed by atoms with Crippen molar-refractivity contribution in [3.8, 4) is 0 Å². The number of rotatable bonds is 3. The van der Waals surface area contributed by atoms with Gasteiger partial charge in [0.2, 0.25) is 5.76 Å². The van der Waals surface area contributed by atoms with E-state index in [1.165, 1.54) is 23.2 Å². The molecule has 0 amide bonds. The molecule has 0 aliphatic carbocycles. The number of carboxylic acid groups (broad SMARTS) is 1. The van der Waals surface area contributed by atoms with E-state index in [4.69, 9.17) is 9.52 Å². The number of hydrogen-bond donors (Lipinski definition) is 1. The fourth-order valence-corrected chi connectivity index (χ4v) is 2.05. The lowest BCUT2D eigenvalue weighted by molar-refractivity contribution is 0.0660. The third-order valence-electron chi connectivity index (χ3n) is 3.01. The minimum Gasteiger partial charge on any atom is -0.475 e. The van der Waals surface area contributed by atoms with Crippen LogP contribution in [0.15, 0.2) is 52.1 Å². The van der Waals surface area contributed by atoms with Crippen LogP contribution in [0.3, 0.4) is 0 Å². The number of furan rings is 1. The minimum atomic E-state index is -1.16. The van der Waals surface area contributed by atoms with Crippen LogP contribution >= 0.6 is 0 Å². The van der Waals surface area contributed by atoms with Gasteiger partial charge in [0.1, 0.15) is 0 Å². The first-order valence-corrected chi connectivity index (χ1v) is 5.90. The number of aromatic carboxylic acids is 1. The number of benzene rings is 1. The number of nitrogens with zero attached hydrogens (tertiary/aromatic N) is 2. The molecule has 3 aromatic rings. The second-order valence-corrected chi connectivity index (χ2v) is 4.27. The van der Waals surface area contributed by atoms with Gasteiger partial charge in [0.15, 0.2) is 0 Å². The predicted octanol–water partition coefficient (Wildman–Crippen LogP) is 1.74. The van der Waals surface area contributed by atoms with Crippen LogP contribution in [-0.2, 0) is 6.54 Å². The molecule has 0 bridgehead atoms. The molecule has 3 rings (SSSR count). The van der Waals surface area contributed by atoms with Gasteiger partial charge in [-0.05, 0) is 18.2 Å². The van der Waals surface area contributed by atoms with Gasteiger partial charge < -0.3 is 9.52 Å². The van der Waals surface area contributed by atoms with Crippen molar-refractivity contribution >= 4 is 16.9 Å². The smallest absolute Gasteiger partial charge is 0.372 e. The second-order valence-electron chi connectivity index (χ2n) is 4.27. The van der Waals surface area contributed by atoms with E-state index < -0.39 is 5.97 Å². The molecular formula is C14H10N2O4. The fraction of sp³-hybridized carbons (Fsp3) is 0.0714. The first-order valence-electron chi connectivity index (χ1n) is 5.90. The molecule has 0 saturated heterocycles. The molecule has 0 aliphatic heterocycles. The summed E-state index contributed by atoms with van der Waals surface area (Å²) in [4.78, 5) is 27.4. The van der Waals surface area contributed by atoms with Gasteiger partial charge >= 0.3 is 5.97 Å². The van der Waals surface area contributed by atoms with Crippen LogP contribution in [-0.4, -0.2) is 20.6 Å². The van der Waals surface area contributed by atoms with Crippen LogP contribution < -0.4 is 5.56 Å². The fourth-order valence-electron chi connectivity index (χ4n) is 2.05. The van der Waals surface area contributed by atoms with Crippen LogP contribution in [0.2, 0.25) is 0 Å². The summed E-state index contributed by atoms with van der Waals surface area (Å²) in [5.41, 5.74) is 0.823. The van der Waals surface area contributed by atoms with Crippen molar-refractivity contribution in [3.63, 3.8) is 0 Å². The maximum atomic E-state index is 12.3. The molecular weight excluding hydrogens is 260 g/mol. The molecule has 0 saturated carbocycles. The summed E-state index contributed by atoms with van der Waals surface area (Å²) in [7, 11) is 0. The van der Waals surface area contributed by atoms with Crippen LogP contribution in [0.5, 0.6) is 0 Å². The molecule has 0 spiro atoms. The van der Waals surface area contributed by atoms with Gasteiger partial charge in [-0.25, -0.2) is 9.78 Å². The Hall–Kier alpha value is -2.89. The number of aromatic nitrogens is 2. The lowest BCUT2D eigenvalue weighted by atomic mass is 10.2. The van der Waals surface area contributed by atoms with E-state index in [0.29, 0.717) is 16.5 Å². The summed E-state index contributed by atoms with van der Waals surface area (Å²) in [5, 5.41) is 9.47. The van der Waals surface area contributed by atoms with Gasteiger partial charge in [-0.15, -0.1) is 0 Å².